The van der Waals surface area contributed by atoms with Crippen LogP contribution in [0, 0.1) is 18.3 Å². The molecular weight excluding hydrogens is 196 g/mol. The van der Waals surface area contributed by atoms with Gasteiger partial charge in [-0.25, -0.2) is 0 Å². The van der Waals surface area contributed by atoms with E-state index >= 15 is 0 Å². The second-order valence-corrected chi connectivity index (χ2v) is 5.59. The molecule has 3 atom stereocenters. The van der Waals surface area contributed by atoms with Crippen molar-refractivity contribution < 1.29 is 0 Å². The lowest BCUT2D eigenvalue weighted by atomic mass is 9.75. The number of nitrogens with one attached hydrogen (secondary N) is 1. The summed E-state index contributed by atoms with van der Waals surface area (Å²) in [7, 11) is 4.39. The van der Waals surface area contributed by atoms with Crippen LogP contribution in [0.2, 0.25) is 0 Å². The molecule has 0 bridgehead atoms. The van der Waals surface area contributed by atoms with Gasteiger partial charge in [0.2, 0.25) is 0 Å². The van der Waals surface area contributed by atoms with Crippen LogP contribution >= 0.6 is 0 Å². The van der Waals surface area contributed by atoms with Crippen molar-refractivity contribution in [3.05, 3.63) is 0 Å². The predicted octanol–water partition coefficient (Wildman–Crippen LogP) is 2.11. The van der Waals surface area contributed by atoms with Gasteiger partial charge < -0.3 is 10.2 Å². The van der Waals surface area contributed by atoms with Crippen LogP contribution in [-0.4, -0.2) is 37.1 Å². The van der Waals surface area contributed by atoms with Crippen LogP contribution in [0.15, 0.2) is 0 Å². The summed E-state index contributed by atoms with van der Waals surface area (Å²) < 4.78 is 0. The van der Waals surface area contributed by atoms with Gasteiger partial charge in [-0.2, -0.15) is 0 Å². The van der Waals surface area contributed by atoms with Crippen LogP contribution in [0.3, 0.4) is 0 Å². The molecule has 16 heavy (non-hydrogen) atoms. The molecule has 0 aromatic heterocycles. The van der Waals surface area contributed by atoms with Crippen molar-refractivity contribution in [3.8, 4) is 12.3 Å². The molecule has 0 aromatic rings. The van der Waals surface area contributed by atoms with E-state index in [0.29, 0.717) is 5.54 Å². The van der Waals surface area contributed by atoms with Crippen LogP contribution < -0.4 is 5.32 Å². The number of terminal acetylenes is 1. The lowest BCUT2D eigenvalue weighted by molar-refractivity contribution is 0.0743. The molecule has 2 nitrogen and oxygen atoms in total. The van der Waals surface area contributed by atoms with Gasteiger partial charge >= 0.3 is 0 Å². The Labute approximate surface area is 101 Å². The summed E-state index contributed by atoms with van der Waals surface area (Å²) >= 11 is 0. The van der Waals surface area contributed by atoms with Gasteiger partial charge in [0.1, 0.15) is 0 Å². The minimum absolute atomic E-state index is 0.175. The molecule has 2 heteroatoms. The van der Waals surface area contributed by atoms with E-state index in [1.54, 1.807) is 0 Å². The number of rotatable bonds is 4. The highest BCUT2D eigenvalue weighted by atomic mass is 15.2. The summed E-state index contributed by atoms with van der Waals surface area (Å²) in [6, 6.07) is 0.175. The average molecular weight is 222 g/mol. The smallest absolute Gasteiger partial charge is 0.0658 e. The van der Waals surface area contributed by atoms with E-state index < -0.39 is 0 Å². The zero-order valence-electron chi connectivity index (χ0n) is 11.2. The zero-order chi connectivity index (χ0) is 12.2. The molecule has 0 saturated heterocycles. The first-order valence-electron chi connectivity index (χ1n) is 6.37. The van der Waals surface area contributed by atoms with Crippen molar-refractivity contribution in [1.29, 1.82) is 0 Å². The molecule has 1 saturated carbocycles. The van der Waals surface area contributed by atoms with E-state index in [2.05, 4.69) is 44.1 Å². The van der Waals surface area contributed by atoms with E-state index in [9.17, 15) is 0 Å². The Morgan fingerprint density at radius 1 is 1.56 bits per heavy atom. The second kappa shape index (κ2) is 5.70. The summed E-state index contributed by atoms with van der Waals surface area (Å²) in [5.41, 5.74) is 0.308. The van der Waals surface area contributed by atoms with Gasteiger partial charge in [0.15, 0.2) is 0 Å². The number of hydrogen-bond acceptors (Lipinski definition) is 2. The third-order valence-corrected chi connectivity index (χ3v) is 4.00. The summed E-state index contributed by atoms with van der Waals surface area (Å²) in [5.74, 6) is 3.57. The van der Waals surface area contributed by atoms with Crippen molar-refractivity contribution in [2.45, 2.75) is 51.1 Å². The SMILES string of the molecule is C#CC(C)NCC1(N(C)C)CCCC(C)C1. The molecule has 0 aromatic carbocycles. The fourth-order valence-electron chi connectivity index (χ4n) is 2.76. The molecule has 0 aliphatic heterocycles. The largest absolute Gasteiger partial charge is 0.302 e. The molecule has 0 spiro atoms. The first-order chi connectivity index (χ1) is 7.50. The summed E-state index contributed by atoms with van der Waals surface area (Å²) in [6.07, 6.45) is 10.7. The van der Waals surface area contributed by atoms with Crippen molar-refractivity contribution in [2.75, 3.05) is 20.6 Å². The van der Waals surface area contributed by atoms with E-state index in [0.717, 1.165) is 12.5 Å². The number of likely N-dealkylation sites (N-methyl/N-ethyl adjacent to an activating group) is 1. The van der Waals surface area contributed by atoms with E-state index in [-0.39, 0.29) is 6.04 Å². The van der Waals surface area contributed by atoms with Gasteiger partial charge in [-0.05, 0) is 39.8 Å². The molecule has 0 heterocycles. The quantitative estimate of drug-likeness (QED) is 0.733. The van der Waals surface area contributed by atoms with Crippen molar-refractivity contribution in [2.24, 2.45) is 5.92 Å². The fourth-order valence-corrected chi connectivity index (χ4v) is 2.76. The van der Waals surface area contributed by atoms with Gasteiger partial charge in [-0.3, -0.25) is 0 Å². The maximum Gasteiger partial charge on any atom is 0.0658 e. The van der Waals surface area contributed by atoms with Gasteiger partial charge in [-0.15, -0.1) is 6.42 Å². The standard InChI is InChI=1S/C14H26N2/c1-6-13(3)15-11-14(16(4)5)9-7-8-12(2)10-14/h1,12-13,15H,7-11H2,2-5H3. The molecule has 1 fully saturated rings. The topological polar surface area (TPSA) is 15.3 Å². The van der Waals surface area contributed by atoms with E-state index in [1.165, 1.54) is 25.7 Å². The molecule has 92 valence electrons. The van der Waals surface area contributed by atoms with Crippen LogP contribution in [-0.2, 0) is 0 Å². The summed E-state index contributed by atoms with van der Waals surface area (Å²) in [4.78, 5) is 2.39. The van der Waals surface area contributed by atoms with Crippen LogP contribution in [0.4, 0.5) is 0 Å². The highest BCUT2D eigenvalue weighted by Crippen LogP contribution is 2.35. The molecular formula is C14H26N2. The van der Waals surface area contributed by atoms with Gasteiger partial charge in [0.25, 0.3) is 0 Å². The number of nitrogens with zero attached hydrogens (tertiary/aromatic N) is 1. The van der Waals surface area contributed by atoms with Crippen LogP contribution in [0.25, 0.3) is 0 Å². The third-order valence-electron chi connectivity index (χ3n) is 4.00. The first kappa shape index (κ1) is 13.5. The monoisotopic (exact) mass is 222 g/mol. The maximum atomic E-state index is 5.41. The van der Waals surface area contributed by atoms with Crippen molar-refractivity contribution >= 4 is 0 Å². The summed E-state index contributed by atoms with van der Waals surface area (Å²) in [6.45, 7) is 5.42. The van der Waals surface area contributed by atoms with E-state index in [1.807, 2.05) is 0 Å². The average Bonchev–Trinajstić information content (AvgIpc) is 2.25. The first-order valence-corrected chi connectivity index (χ1v) is 6.37. The van der Waals surface area contributed by atoms with Gasteiger partial charge in [-0.1, -0.05) is 25.7 Å². The zero-order valence-corrected chi connectivity index (χ0v) is 11.2. The Morgan fingerprint density at radius 2 is 2.25 bits per heavy atom. The van der Waals surface area contributed by atoms with E-state index in [4.69, 9.17) is 6.42 Å². The van der Waals surface area contributed by atoms with Crippen molar-refractivity contribution in [3.63, 3.8) is 0 Å². The minimum Gasteiger partial charge on any atom is -0.302 e. The van der Waals surface area contributed by atoms with Gasteiger partial charge in [0, 0.05) is 12.1 Å². The Morgan fingerprint density at radius 3 is 2.75 bits per heavy atom. The molecule has 1 aliphatic rings. The molecule has 1 aliphatic carbocycles. The summed E-state index contributed by atoms with van der Waals surface area (Å²) in [5, 5.41) is 3.47. The number of hydrogen-bond donors (Lipinski definition) is 1. The van der Waals surface area contributed by atoms with Crippen LogP contribution in [0.1, 0.15) is 39.5 Å². The second-order valence-electron chi connectivity index (χ2n) is 5.59. The Bertz CT molecular complexity index is 254. The molecule has 0 amide bonds. The highest BCUT2D eigenvalue weighted by molar-refractivity contribution is 5.00. The predicted molar refractivity (Wildman–Crippen MR) is 70.3 cm³/mol. The molecule has 1 rings (SSSR count). The highest BCUT2D eigenvalue weighted by Gasteiger charge is 2.36. The third kappa shape index (κ3) is 3.23. The lowest BCUT2D eigenvalue weighted by Crippen LogP contribution is -2.55. The van der Waals surface area contributed by atoms with Gasteiger partial charge in [0.05, 0.1) is 6.04 Å². The van der Waals surface area contributed by atoms with Crippen LogP contribution in [0.5, 0.6) is 0 Å². The minimum atomic E-state index is 0.175. The lowest BCUT2D eigenvalue weighted by Gasteiger charge is -2.45. The molecule has 1 N–H and O–H groups in total. The molecule has 3 unspecified atom stereocenters. The fraction of sp³-hybridized carbons (Fsp3) is 0.857. The Kier molecular flexibility index (Phi) is 4.83. The normalized spacial score (nSPS) is 32.4. The van der Waals surface area contributed by atoms with Crippen molar-refractivity contribution in [1.82, 2.24) is 10.2 Å². The molecule has 0 radical (unpaired) electrons. The Hall–Kier alpha value is -0.520. The Balaban J connectivity index is 2.62. The maximum absolute atomic E-state index is 5.41.